The van der Waals surface area contributed by atoms with Crippen molar-refractivity contribution in [1.29, 1.82) is 0 Å². The second-order valence-corrected chi connectivity index (χ2v) is 8.38. The summed E-state index contributed by atoms with van der Waals surface area (Å²) in [4.78, 5) is 4.74. The number of fused-ring (bicyclic) bond motifs is 1. The molecule has 4 heterocycles. The van der Waals surface area contributed by atoms with Crippen LogP contribution in [-0.2, 0) is 13.1 Å². The van der Waals surface area contributed by atoms with E-state index in [1.165, 1.54) is 6.07 Å². The third kappa shape index (κ3) is 3.50. The van der Waals surface area contributed by atoms with Gasteiger partial charge in [-0.15, -0.1) is 0 Å². The van der Waals surface area contributed by atoms with Crippen LogP contribution in [0.4, 0.5) is 4.39 Å². The van der Waals surface area contributed by atoms with E-state index in [-0.39, 0.29) is 17.8 Å². The van der Waals surface area contributed by atoms with E-state index in [9.17, 15) is 9.50 Å². The van der Waals surface area contributed by atoms with Crippen molar-refractivity contribution < 1.29 is 13.9 Å². The van der Waals surface area contributed by atoms with E-state index in [2.05, 4.69) is 20.0 Å². The summed E-state index contributed by atoms with van der Waals surface area (Å²) in [5.41, 5.74) is 1.49. The Hall–Kier alpha value is -2.48. The maximum absolute atomic E-state index is 14.0. The number of furan rings is 1. The van der Waals surface area contributed by atoms with Crippen LogP contribution in [0, 0.1) is 17.2 Å². The van der Waals surface area contributed by atoms with E-state index in [0.717, 1.165) is 44.2 Å². The minimum atomic E-state index is -0.277. The number of aliphatic hydroxyl groups excluding tert-OH is 1. The van der Waals surface area contributed by atoms with Crippen molar-refractivity contribution in [2.24, 2.45) is 11.3 Å². The van der Waals surface area contributed by atoms with E-state index in [1.54, 1.807) is 18.3 Å². The fraction of sp³-hybridized carbons (Fsp3) is 0.409. The molecule has 2 aromatic heterocycles. The summed E-state index contributed by atoms with van der Waals surface area (Å²) in [5, 5.41) is 17.2. The fourth-order valence-corrected chi connectivity index (χ4v) is 4.97. The first-order chi connectivity index (χ1) is 14.1. The highest BCUT2D eigenvalue weighted by molar-refractivity contribution is 5.58. The zero-order valence-electron chi connectivity index (χ0n) is 16.2. The van der Waals surface area contributed by atoms with E-state index in [1.807, 2.05) is 24.3 Å². The minimum Gasteiger partial charge on any atom is -0.460 e. The molecule has 2 saturated heterocycles. The van der Waals surface area contributed by atoms with Crippen LogP contribution in [0.25, 0.3) is 11.3 Å². The number of nitrogens with zero attached hydrogens (tertiary/aromatic N) is 3. The lowest BCUT2D eigenvalue weighted by atomic mass is 9.82. The predicted octanol–water partition coefficient (Wildman–Crippen LogP) is 2.74. The first kappa shape index (κ1) is 18.5. The van der Waals surface area contributed by atoms with E-state index < -0.39 is 0 Å². The summed E-state index contributed by atoms with van der Waals surface area (Å²) in [6.07, 6.45) is 1.77. The monoisotopic (exact) mass is 396 g/mol. The summed E-state index contributed by atoms with van der Waals surface area (Å²) in [5.74, 6) is 1.53. The van der Waals surface area contributed by atoms with Crippen LogP contribution in [0.1, 0.15) is 11.5 Å². The molecular weight excluding hydrogens is 371 g/mol. The van der Waals surface area contributed by atoms with Gasteiger partial charge in [0.2, 0.25) is 0 Å². The number of rotatable bonds is 6. The largest absolute Gasteiger partial charge is 0.460 e. The highest BCUT2D eigenvalue weighted by atomic mass is 19.1. The van der Waals surface area contributed by atoms with Gasteiger partial charge in [-0.1, -0.05) is 12.1 Å². The topological polar surface area (TPSA) is 68.5 Å². The summed E-state index contributed by atoms with van der Waals surface area (Å²) < 4.78 is 19.9. The number of hydrogen-bond acceptors (Lipinski definition) is 5. The quantitative estimate of drug-likeness (QED) is 0.671. The standard InChI is InChI=1S/C22H25FN4O2/c23-20-4-2-1-3-19(20)21-6-5-18(29-21)12-27-10-16-9-26(11-17-7-8-24-25-17)13-22(16,14-27)15-28/h1-8,16,28H,9-15H2,(H,24,25). The number of likely N-dealkylation sites (tertiary alicyclic amines) is 2. The van der Waals surface area contributed by atoms with E-state index >= 15 is 0 Å². The average molecular weight is 396 g/mol. The summed E-state index contributed by atoms with van der Waals surface area (Å²) in [6, 6.07) is 12.4. The van der Waals surface area contributed by atoms with Crippen LogP contribution in [0.2, 0.25) is 0 Å². The Morgan fingerprint density at radius 2 is 1.90 bits per heavy atom. The zero-order chi connectivity index (χ0) is 19.8. The Morgan fingerprint density at radius 1 is 1.10 bits per heavy atom. The van der Waals surface area contributed by atoms with Gasteiger partial charge in [0.25, 0.3) is 0 Å². The van der Waals surface area contributed by atoms with Crippen LogP contribution in [-0.4, -0.2) is 57.9 Å². The Labute approximate surface area is 168 Å². The van der Waals surface area contributed by atoms with Gasteiger partial charge in [0.15, 0.2) is 0 Å². The molecule has 2 aliphatic rings. The molecule has 2 N–H and O–H groups in total. The Kier molecular flexibility index (Phi) is 4.73. The minimum absolute atomic E-state index is 0.0962. The van der Waals surface area contributed by atoms with Crippen molar-refractivity contribution in [3.8, 4) is 11.3 Å². The molecule has 0 bridgehead atoms. The van der Waals surface area contributed by atoms with Gasteiger partial charge in [-0.2, -0.15) is 5.10 Å². The average Bonchev–Trinajstić information content (AvgIpc) is 3.47. The summed E-state index contributed by atoms with van der Waals surface area (Å²) in [6.45, 7) is 5.30. The van der Waals surface area contributed by atoms with Crippen LogP contribution >= 0.6 is 0 Å². The lowest BCUT2D eigenvalue weighted by Gasteiger charge is -2.27. The van der Waals surface area contributed by atoms with Crippen molar-refractivity contribution in [2.75, 3.05) is 32.8 Å². The third-order valence-electron chi connectivity index (χ3n) is 6.35. The molecule has 0 amide bonds. The third-order valence-corrected chi connectivity index (χ3v) is 6.35. The SMILES string of the molecule is OCC12CN(Cc3ccn[nH]3)CC1CN(Cc1ccc(-c3ccccc3F)o1)C2. The maximum atomic E-state index is 14.0. The lowest BCUT2D eigenvalue weighted by molar-refractivity contribution is 0.109. The van der Waals surface area contributed by atoms with Crippen molar-refractivity contribution in [3.63, 3.8) is 0 Å². The molecule has 29 heavy (non-hydrogen) atoms. The van der Waals surface area contributed by atoms with Gasteiger partial charge in [0.1, 0.15) is 17.3 Å². The molecule has 0 saturated carbocycles. The molecule has 152 valence electrons. The first-order valence-corrected chi connectivity index (χ1v) is 10.0. The molecule has 0 aliphatic carbocycles. The van der Waals surface area contributed by atoms with Crippen LogP contribution in [0.5, 0.6) is 0 Å². The van der Waals surface area contributed by atoms with Crippen molar-refractivity contribution in [3.05, 3.63) is 65.9 Å². The molecule has 2 aliphatic heterocycles. The highest BCUT2D eigenvalue weighted by Gasteiger charge is 2.51. The molecule has 5 rings (SSSR count). The molecule has 7 heteroatoms. The number of H-pyrrole nitrogens is 1. The first-order valence-electron chi connectivity index (χ1n) is 10.0. The number of nitrogens with one attached hydrogen (secondary N) is 1. The molecule has 3 aromatic rings. The van der Waals surface area contributed by atoms with Crippen LogP contribution in [0.15, 0.2) is 53.1 Å². The van der Waals surface area contributed by atoms with Crippen molar-refractivity contribution in [1.82, 2.24) is 20.0 Å². The van der Waals surface area contributed by atoms with E-state index in [0.29, 0.717) is 23.8 Å². The molecule has 6 nitrogen and oxygen atoms in total. The van der Waals surface area contributed by atoms with Gasteiger partial charge >= 0.3 is 0 Å². The summed E-state index contributed by atoms with van der Waals surface area (Å²) in [7, 11) is 0. The number of aromatic nitrogens is 2. The smallest absolute Gasteiger partial charge is 0.137 e. The van der Waals surface area contributed by atoms with Gasteiger partial charge in [0, 0.05) is 50.0 Å². The van der Waals surface area contributed by atoms with Crippen LogP contribution < -0.4 is 0 Å². The maximum Gasteiger partial charge on any atom is 0.137 e. The number of benzene rings is 1. The number of aromatic amines is 1. The molecule has 2 unspecified atom stereocenters. The molecule has 0 spiro atoms. The van der Waals surface area contributed by atoms with Crippen molar-refractivity contribution >= 4 is 0 Å². The van der Waals surface area contributed by atoms with E-state index in [4.69, 9.17) is 4.42 Å². The number of hydrogen-bond donors (Lipinski definition) is 2. The Morgan fingerprint density at radius 3 is 2.59 bits per heavy atom. The molecule has 2 atom stereocenters. The molecule has 2 fully saturated rings. The molecule has 1 aromatic carbocycles. The van der Waals surface area contributed by atoms with Crippen LogP contribution in [0.3, 0.4) is 0 Å². The number of aliphatic hydroxyl groups is 1. The molecule has 0 radical (unpaired) electrons. The Balaban J connectivity index is 1.24. The van der Waals surface area contributed by atoms with Gasteiger partial charge in [-0.3, -0.25) is 14.9 Å². The van der Waals surface area contributed by atoms with Gasteiger partial charge < -0.3 is 9.52 Å². The van der Waals surface area contributed by atoms with Gasteiger partial charge in [0.05, 0.1) is 18.7 Å². The number of halogens is 1. The normalized spacial score (nSPS) is 25.0. The van der Waals surface area contributed by atoms with Crippen molar-refractivity contribution in [2.45, 2.75) is 13.1 Å². The van der Waals surface area contributed by atoms with Gasteiger partial charge in [-0.05, 0) is 36.2 Å². The summed E-state index contributed by atoms with van der Waals surface area (Å²) >= 11 is 0. The highest BCUT2D eigenvalue weighted by Crippen LogP contribution is 2.43. The lowest BCUT2D eigenvalue weighted by Crippen LogP contribution is -2.36. The van der Waals surface area contributed by atoms with Gasteiger partial charge in [-0.25, -0.2) is 4.39 Å². The molecular formula is C22H25FN4O2. The second kappa shape index (κ2) is 7.40. The second-order valence-electron chi connectivity index (χ2n) is 8.38. The predicted molar refractivity (Wildman–Crippen MR) is 106 cm³/mol. The fourth-order valence-electron chi connectivity index (χ4n) is 4.97. The Bertz CT molecular complexity index is 973. The zero-order valence-corrected chi connectivity index (χ0v) is 16.2.